The predicted molar refractivity (Wildman–Crippen MR) is 107 cm³/mol. The van der Waals surface area contributed by atoms with Gasteiger partial charge in [0.05, 0.1) is 16.3 Å². The summed E-state index contributed by atoms with van der Waals surface area (Å²) in [5.74, 6) is 0.0711. The summed E-state index contributed by atoms with van der Waals surface area (Å²) in [7, 11) is 2.11. The van der Waals surface area contributed by atoms with Gasteiger partial charge in [0.1, 0.15) is 11.9 Å². The number of halogens is 1. The van der Waals surface area contributed by atoms with E-state index in [0.29, 0.717) is 22.2 Å². The van der Waals surface area contributed by atoms with E-state index in [1.165, 1.54) is 6.07 Å². The number of aromatic nitrogens is 2. The van der Waals surface area contributed by atoms with Crippen LogP contribution in [-0.4, -0.2) is 70.2 Å². The van der Waals surface area contributed by atoms with Gasteiger partial charge in [-0.05, 0) is 37.7 Å². The number of carboxylic acid groups (broad SMARTS) is 1. The molecule has 3 N–H and O–H groups in total. The maximum absolute atomic E-state index is 11.3. The van der Waals surface area contributed by atoms with Gasteiger partial charge in [-0.15, -0.1) is 0 Å². The number of fused-ring (bicyclic) bond motifs is 1. The number of imidazole rings is 1. The number of anilines is 1. The molecule has 4 rings (SSSR count). The highest BCUT2D eigenvalue weighted by molar-refractivity contribution is 6.32. The quantitative estimate of drug-likeness (QED) is 0.722. The number of hydrogen-bond acceptors (Lipinski definition) is 6. The number of ether oxygens (including phenoxy) is 1. The number of nitrogens with one attached hydrogen (secondary N) is 2. The first kappa shape index (κ1) is 18.8. The van der Waals surface area contributed by atoms with Crippen molar-refractivity contribution in [3.8, 4) is 11.8 Å². The fourth-order valence-corrected chi connectivity index (χ4v) is 3.70. The van der Waals surface area contributed by atoms with Gasteiger partial charge in [0, 0.05) is 26.2 Å². The van der Waals surface area contributed by atoms with Crippen LogP contribution in [0.5, 0.6) is 11.8 Å². The average molecular weight is 404 g/mol. The first-order chi connectivity index (χ1) is 13.4. The van der Waals surface area contributed by atoms with Crippen molar-refractivity contribution in [2.45, 2.75) is 13.1 Å². The third-order valence-electron chi connectivity index (χ3n) is 5.08. The standard InChI is InChI=1S/C19H22ClN5O3/c1-11-3-4-12(9-13(11)18(26)27)28-19-21-15-10-14(20)17(22-16(15)23-19)25-7-5-24(2)6-8-25/h3-4,9-10,17,22H,5-8H2,1-2H3,(H,21,23)(H,26,27). The number of likely N-dealkylation sites (N-methyl/N-ethyl adjacent to an activating group) is 1. The summed E-state index contributed by atoms with van der Waals surface area (Å²) >= 11 is 6.51. The molecule has 1 fully saturated rings. The van der Waals surface area contributed by atoms with Gasteiger partial charge in [-0.2, -0.15) is 4.98 Å². The van der Waals surface area contributed by atoms with Gasteiger partial charge in [-0.25, -0.2) is 4.79 Å². The Kier molecular flexibility index (Phi) is 5.01. The van der Waals surface area contributed by atoms with Gasteiger partial charge >= 0.3 is 12.0 Å². The Labute approximate surface area is 167 Å². The number of benzene rings is 1. The van der Waals surface area contributed by atoms with Crippen LogP contribution in [0.15, 0.2) is 23.2 Å². The third-order valence-corrected chi connectivity index (χ3v) is 5.40. The molecular formula is C19H22ClN5O3. The lowest BCUT2D eigenvalue weighted by molar-refractivity contribution is 0.0695. The minimum absolute atomic E-state index is 0.114. The van der Waals surface area contributed by atoms with Gasteiger partial charge in [0.25, 0.3) is 0 Å². The van der Waals surface area contributed by atoms with E-state index in [0.717, 1.165) is 31.9 Å². The first-order valence-corrected chi connectivity index (χ1v) is 9.46. The summed E-state index contributed by atoms with van der Waals surface area (Å²) in [4.78, 5) is 23.4. The summed E-state index contributed by atoms with van der Waals surface area (Å²) in [6, 6.07) is 5.19. The fourth-order valence-electron chi connectivity index (χ4n) is 3.39. The molecule has 1 aromatic heterocycles. The molecule has 0 amide bonds. The minimum atomic E-state index is -0.993. The predicted octanol–water partition coefficient (Wildman–Crippen LogP) is 2.79. The van der Waals surface area contributed by atoms with Gasteiger partial charge in [-0.3, -0.25) is 4.90 Å². The van der Waals surface area contributed by atoms with E-state index in [1.807, 2.05) is 6.08 Å². The van der Waals surface area contributed by atoms with Crippen LogP contribution in [0.25, 0.3) is 6.08 Å². The molecule has 0 bridgehead atoms. The highest BCUT2D eigenvalue weighted by Gasteiger charge is 2.29. The molecule has 0 spiro atoms. The summed E-state index contributed by atoms with van der Waals surface area (Å²) < 4.78 is 5.74. The number of aromatic amines is 1. The Morgan fingerprint density at radius 2 is 2.07 bits per heavy atom. The topological polar surface area (TPSA) is 93.7 Å². The van der Waals surface area contributed by atoms with E-state index in [4.69, 9.17) is 16.3 Å². The van der Waals surface area contributed by atoms with Crippen LogP contribution in [0.3, 0.4) is 0 Å². The molecule has 28 heavy (non-hydrogen) atoms. The molecule has 148 valence electrons. The van der Waals surface area contributed by atoms with Crippen LogP contribution in [0, 0.1) is 6.92 Å². The Morgan fingerprint density at radius 1 is 1.32 bits per heavy atom. The second kappa shape index (κ2) is 7.46. The SMILES string of the molecule is Cc1ccc(Oc2nc3c([nH]2)C=C(Cl)C(N2CCN(C)CC2)N3)cc1C(=O)O. The lowest BCUT2D eigenvalue weighted by atomic mass is 10.1. The third kappa shape index (κ3) is 3.71. The summed E-state index contributed by atoms with van der Waals surface area (Å²) in [6.45, 7) is 5.56. The molecule has 9 heteroatoms. The Hall–Kier alpha value is -2.55. The van der Waals surface area contributed by atoms with Gasteiger partial charge in [-0.1, -0.05) is 17.7 Å². The average Bonchev–Trinajstić information content (AvgIpc) is 3.04. The molecule has 3 heterocycles. The number of carboxylic acids is 1. The molecule has 1 unspecified atom stereocenters. The van der Waals surface area contributed by atoms with Crippen LogP contribution in [0.1, 0.15) is 21.6 Å². The van der Waals surface area contributed by atoms with Crippen molar-refractivity contribution in [2.24, 2.45) is 0 Å². The molecular weight excluding hydrogens is 382 g/mol. The van der Waals surface area contributed by atoms with E-state index < -0.39 is 5.97 Å². The van der Waals surface area contributed by atoms with Crippen molar-refractivity contribution < 1.29 is 14.6 Å². The number of carbonyl (C=O) groups is 1. The number of hydrogen-bond donors (Lipinski definition) is 3. The van der Waals surface area contributed by atoms with Gasteiger partial charge < -0.3 is 25.0 Å². The lowest BCUT2D eigenvalue weighted by Gasteiger charge is -2.39. The van der Waals surface area contributed by atoms with E-state index >= 15 is 0 Å². The Morgan fingerprint density at radius 3 is 2.79 bits per heavy atom. The Balaban J connectivity index is 1.52. The minimum Gasteiger partial charge on any atom is -0.478 e. The zero-order valence-corrected chi connectivity index (χ0v) is 16.5. The van der Waals surface area contributed by atoms with Crippen molar-refractivity contribution in [3.05, 3.63) is 40.1 Å². The van der Waals surface area contributed by atoms with Crippen LogP contribution in [-0.2, 0) is 0 Å². The maximum atomic E-state index is 11.3. The maximum Gasteiger partial charge on any atom is 0.336 e. The molecule has 2 aromatic rings. The van der Waals surface area contributed by atoms with Crippen LogP contribution >= 0.6 is 11.6 Å². The van der Waals surface area contributed by atoms with Crippen LogP contribution in [0.4, 0.5) is 5.82 Å². The Bertz CT molecular complexity index is 934. The number of nitrogens with zero attached hydrogens (tertiary/aromatic N) is 3. The molecule has 1 saturated heterocycles. The van der Waals surface area contributed by atoms with Crippen molar-refractivity contribution >= 4 is 29.5 Å². The van der Waals surface area contributed by atoms with Crippen LogP contribution < -0.4 is 10.1 Å². The lowest BCUT2D eigenvalue weighted by Crippen LogP contribution is -2.52. The summed E-state index contributed by atoms with van der Waals surface area (Å²) in [5, 5.41) is 13.3. The van der Waals surface area contributed by atoms with Crippen molar-refractivity contribution in [1.29, 1.82) is 0 Å². The molecule has 0 saturated carbocycles. The molecule has 0 aliphatic carbocycles. The highest BCUT2D eigenvalue weighted by Crippen LogP contribution is 2.32. The normalized spacial score (nSPS) is 20.2. The van der Waals surface area contributed by atoms with E-state index in [2.05, 4.69) is 32.1 Å². The molecule has 2 aliphatic rings. The van der Waals surface area contributed by atoms with E-state index in [-0.39, 0.29) is 17.7 Å². The molecule has 0 radical (unpaired) electrons. The molecule has 8 nitrogen and oxygen atoms in total. The smallest absolute Gasteiger partial charge is 0.336 e. The first-order valence-electron chi connectivity index (χ1n) is 9.09. The van der Waals surface area contributed by atoms with Gasteiger partial charge in [0.15, 0.2) is 5.82 Å². The zero-order chi connectivity index (χ0) is 19.8. The second-order valence-corrected chi connectivity index (χ2v) is 7.54. The number of piperazine rings is 1. The highest BCUT2D eigenvalue weighted by atomic mass is 35.5. The largest absolute Gasteiger partial charge is 0.478 e. The molecule has 1 aromatic carbocycles. The number of aromatic carboxylic acids is 1. The number of rotatable bonds is 4. The van der Waals surface area contributed by atoms with E-state index in [9.17, 15) is 9.90 Å². The number of H-pyrrole nitrogens is 1. The van der Waals surface area contributed by atoms with Gasteiger partial charge in [0.2, 0.25) is 0 Å². The van der Waals surface area contributed by atoms with Crippen molar-refractivity contribution in [3.63, 3.8) is 0 Å². The monoisotopic (exact) mass is 403 g/mol. The zero-order valence-electron chi connectivity index (χ0n) is 15.7. The number of aryl methyl sites for hydroxylation is 1. The van der Waals surface area contributed by atoms with Crippen molar-refractivity contribution in [2.75, 3.05) is 38.5 Å². The fraction of sp³-hybridized carbons (Fsp3) is 0.368. The van der Waals surface area contributed by atoms with Crippen LogP contribution in [0.2, 0.25) is 0 Å². The van der Waals surface area contributed by atoms with Crippen molar-refractivity contribution in [1.82, 2.24) is 19.8 Å². The van der Waals surface area contributed by atoms with E-state index in [1.54, 1.807) is 19.1 Å². The molecule has 2 aliphatic heterocycles. The molecule has 1 atom stereocenters. The summed E-state index contributed by atoms with van der Waals surface area (Å²) in [6.07, 6.45) is 1.74. The second-order valence-electron chi connectivity index (χ2n) is 7.10. The summed E-state index contributed by atoms with van der Waals surface area (Å²) in [5.41, 5.74) is 1.60.